The summed E-state index contributed by atoms with van der Waals surface area (Å²) in [4.78, 5) is 7.65. The molecule has 1 aromatic heterocycles. The molecule has 0 atom stereocenters. The Bertz CT molecular complexity index is 511. The summed E-state index contributed by atoms with van der Waals surface area (Å²) < 4.78 is 5.56. The normalized spacial score (nSPS) is 10.3. The van der Waals surface area contributed by atoms with Gasteiger partial charge in [0.2, 0.25) is 11.2 Å². The first-order valence-electron chi connectivity index (χ1n) is 4.78. The van der Waals surface area contributed by atoms with E-state index >= 15 is 0 Å². The number of benzene rings is 1. The number of ether oxygens (including phenoxy) is 1. The van der Waals surface area contributed by atoms with Crippen LogP contribution < -0.4 is 10.5 Å². The second-order valence-corrected chi connectivity index (χ2v) is 4.19. The monoisotopic (exact) mass is 269 g/mol. The summed E-state index contributed by atoms with van der Waals surface area (Å²) in [6.07, 6.45) is 1.39. The van der Waals surface area contributed by atoms with Gasteiger partial charge in [0.15, 0.2) is 0 Å². The van der Waals surface area contributed by atoms with Gasteiger partial charge in [0.1, 0.15) is 11.4 Å². The van der Waals surface area contributed by atoms with Crippen molar-refractivity contribution in [3.05, 3.63) is 40.3 Å². The summed E-state index contributed by atoms with van der Waals surface area (Å²) in [5.41, 5.74) is 6.92. The van der Waals surface area contributed by atoms with Crippen molar-refractivity contribution in [2.24, 2.45) is 0 Å². The van der Waals surface area contributed by atoms with Crippen LogP contribution in [-0.2, 0) is 0 Å². The lowest BCUT2D eigenvalue weighted by Crippen LogP contribution is -1.97. The molecule has 0 saturated heterocycles. The Morgan fingerprint density at radius 3 is 2.82 bits per heavy atom. The van der Waals surface area contributed by atoms with Gasteiger partial charge in [-0.1, -0.05) is 17.7 Å². The Morgan fingerprint density at radius 2 is 2.06 bits per heavy atom. The van der Waals surface area contributed by atoms with Gasteiger partial charge in [0.25, 0.3) is 0 Å². The van der Waals surface area contributed by atoms with Crippen LogP contribution in [0.4, 0.5) is 5.69 Å². The number of nitrogens with zero attached hydrogens (tertiary/aromatic N) is 2. The Labute approximate surface area is 108 Å². The SMILES string of the molecule is Cc1ccc(Cl)cc1Oc1nc(Cl)ncc1N. The minimum atomic E-state index is 0.0777. The van der Waals surface area contributed by atoms with Gasteiger partial charge in [-0.15, -0.1) is 0 Å². The molecule has 0 spiro atoms. The maximum Gasteiger partial charge on any atom is 0.247 e. The Morgan fingerprint density at radius 1 is 1.29 bits per heavy atom. The molecule has 0 fully saturated rings. The molecule has 2 rings (SSSR count). The van der Waals surface area contributed by atoms with E-state index in [1.54, 1.807) is 12.1 Å². The third-order valence-electron chi connectivity index (χ3n) is 2.11. The van der Waals surface area contributed by atoms with Gasteiger partial charge in [-0.3, -0.25) is 0 Å². The van der Waals surface area contributed by atoms with Crippen molar-refractivity contribution in [2.75, 3.05) is 5.73 Å². The number of aryl methyl sites for hydroxylation is 1. The zero-order valence-electron chi connectivity index (χ0n) is 8.95. The number of hydrogen-bond donors (Lipinski definition) is 1. The summed E-state index contributed by atoms with van der Waals surface area (Å²) in [5.74, 6) is 0.800. The molecule has 0 radical (unpaired) electrons. The van der Waals surface area contributed by atoms with Crippen LogP contribution in [0.3, 0.4) is 0 Å². The molecule has 4 nitrogen and oxygen atoms in total. The molecule has 1 heterocycles. The second-order valence-electron chi connectivity index (χ2n) is 3.41. The number of aromatic nitrogens is 2. The van der Waals surface area contributed by atoms with Gasteiger partial charge >= 0.3 is 0 Å². The quantitative estimate of drug-likeness (QED) is 0.849. The Hall–Kier alpha value is -1.52. The molecule has 2 aromatic rings. The van der Waals surface area contributed by atoms with Crippen LogP contribution in [0.1, 0.15) is 5.56 Å². The first-order valence-corrected chi connectivity index (χ1v) is 5.54. The average Bonchev–Trinajstić information content (AvgIpc) is 2.28. The summed E-state index contributed by atoms with van der Waals surface area (Å²) in [6, 6.07) is 5.31. The number of nitrogen functional groups attached to an aromatic ring is 1. The number of halogens is 2. The topological polar surface area (TPSA) is 61.0 Å². The maximum atomic E-state index is 5.88. The molecule has 1 aromatic carbocycles. The number of nitrogens with two attached hydrogens (primary N) is 1. The highest BCUT2D eigenvalue weighted by Gasteiger charge is 2.08. The lowest BCUT2D eigenvalue weighted by atomic mass is 10.2. The van der Waals surface area contributed by atoms with Crippen LogP contribution in [0.15, 0.2) is 24.4 Å². The lowest BCUT2D eigenvalue weighted by Gasteiger charge is -2.09. The lowest BCUT2D eigenvalue weighted by molar-refractivity contribution is 0.461. The van der Waals surface area contributed by atoms with Crippen molar-refractivity contribution < 1.29 is 4.74 Å². The molecule has 0 amide bonds. The van der Waals surface area contributed by atoms with Crippen LogP contribution in [0.25, 0.3) is 0 Å². The third-order valence-corrected chi connectivity index (χ3v) is 2.52. The Kier molecular flexibility index (Phi) is 3.36. The van der Waals surface area contributed by atoms with Gasteiger partial charge < -0.3 is 10.5 Å². The van der Waals surface area contributed by atoms with E-state index in [4.69, 9.17) is 33.7 Å². The highest BCUT2D eigenvalue weighted by atomic mass is 35.5. The molecule has 0 unspecified atom stereocenters. The van der Waals surface area contributed by atoms with Crippen molar-refractivity contribution in [1.82, 2.24) is 9.97 Å². The summed E-state index contributed by atoms with van der Waals surface area (Å²) >= 11 is 11.6. The molecule has 17 heavy (non-hydrogen) atoms. The van der Waals surface area contributed by atoms with Crippen molar-refractivity contribution in [2.45, 2.75) is 6.92 Å². The van der Waals surface area contributed by atoms with Gasteiger partial charge in [0.05, 0.1) is 6.20 Å². The highest BCUT2D eigenvalue weighted by molar-refractivity contribution is 6.30. The molecular weight excluding hydrogens is 261 g/mol. The highest BCUT2D eigenvalue weighted by Crippen LogP contribution is 2.30. The molecule has 0 aliphatic heterocycles. The zero-order chi connectivity index (χ0) is 12.4. The van der Waals surface area contributed by atoms with Gasteiger partial charge in [-0.2, -0.15) is 4.98 Å². The minimum Gasteiger partial charge on any atom is -0.437 e. The molecule has 0 saturated carbocycles. The van der Waals surface area contributed by atoms with Gasteiger partial charge in [-0.05, 0) is 36.2 Å². The molecular formula is C11H9Cl2N3O. The van der Waals surface area contributed by atoms with Crippen molar-refractivity contribution in [1.29, 1.82) is 0 Å². The summed E-state index contributed by atoms with van der Waals surface area (Å²) in [5, 5.41) is 0.651. The largest absolute Gasteiger partial charge is 0.437 e. The van der Waals surface area contributed by atoms with E-state index in [0.29, 0.717) is 16.5 Å². The van der Waals surface area contributed by atoms with Crippen molar-refractivity contribution >= 4 is 28.9 Å². The molecule has 0 bridgehead atoms. The molecule has 6 heteroatoms. The fourth-order valence-corrected chi connectivity index (χ4v) is 1.51. The van der Waals surface area contributed by atoms with E-state index in [2.05, 4.69) is 9.97 Å². The molecule has 88 valence electrons. The first-order chi connectivity index (χ1) is 8.06. The number of hydrogen-bond acceptors (Lipinski definition) is 4. The predicted octanol–water partition coefficient (Wildman–Crippen LogP) is 3.47. The van der Waals surface area contributed by atoms with Crippen LogP contribution in [0.2, 0.25) is 10.3 Å². The molecule has 2 N–H and O–H groups in total. The van der Waals surface area contributed by atoms with Crippen LogP contribution in [0, 0.1) is 6.92 Å². The number of rotatable bonds is 2. The van der Waals surface area contributed by atoms with Gasteiger partial charge in [0, 0.05) is 5.02 Å². The smallest absolute Gasteiger partial charge is 0.247 e. The van der Waals surface area contributed by atoms with Crippen LogP contribution in [0.5, 0.6) is 11.6 Å². The standard InChI is InChI=1S/C11H9Cl2N3O/c1-6-2-3-7(12)4-9(6)17-10-8(14)5-15-11(13)16-10/h2-5H,14H2,1H3. The summed E-state index contributed by atoms with van der Waals surface area (Å²) in [6.45, 7) is 1.89. The first kappa shape index (κ1) is 12.0. The Balaban J connectivity index is 2.37. The molecule has 0 aliphatic carbocycles. The van der Waals surface area contributed by atoms with Crippen LogP contribution in [-0.4, -0.2) is 9.97 Å². The maximum absolute atomic E-state index is 5.88. The van der Waals surface area contributed by atoms with E-state index in [-0.39, 0.29) is 11.2 Å². The molecule has 0 aliphatic rings. The average molecular weight is 270 g/mol. The van der Waals surface area contributed by atoms with E-state index in [0.717, 1.165) is 5.56 Å². The number of anilines is 1. The fourth-order valence-electron chi connectivity index (χ4n) is 1.23. The third kappa shape index (κ3) is 2.78. The van der Waals surface area contributed by atoms with E-state index < -0.39 is 0 Å². The minimum absolute atomic E-state index is 0.0777. The van der Waals surface area contributed by atoms with E-state index in [9.17, 15) is 0 Å². The second kappa shape index (κ2) is 4.77. The van der Waals surface area contributed by atoms with Crippen LogP contribution >= 0.6 is 23.2 Å². The zero-order valence-corrected chi connectivity index (χ0v) is 10.5. The summed E-state index contributed by atoms with van der Waals surface area (Å²) in [7, 11) is 0. The van der Waals surface area contributed by atoms with Crippen molar-refractivity contribution in [3.8, 4) is 11.6 Å². The van der Waals surface area contributed by atoms with E-state index in [1.807, 2.05) is 13.0 Å². The fraction of sp³-hybridized carbons (Fsp3) is 0.0909. The van der Waals surface area contributed by atoms with Gasteiger partial charge in [-0.25, -0.2) is 4.98 Å². The van der Waals surface area contributed by atoms with Crippen molar-refractivity contribution in [3.63, 3.8) is 0 Å². The van der Waals surface area contributed by atoms with E-state index in [1.165, 1.54) is 6.20 Å². The predicted molar refractivity (Wildman–Crippen MR) is 67.7 cm³/mol.